The van der Waals surface area contributed by atoms with Crippen LogP contribution >= 0.6 is 0 Å². The number of benzene rings is 2. The summed E-state index contributed by atoms with van der Waals surface area (Å²) in [5, 5.41) is 23.5. The molecule has 2 aliphatic rings. The lowest BCUT2D eigenvalue weighted by atomic mass is 10.0. The van der Waals surface area contributed by atoms with Crippen LogP contribution in [0.3, 0.4) is 0 Å². The first-order valence-electron chi connectivity index (χ1n) is 13.7. The summed E-state index contributed by atoms with van der Waals surface area (Å²) < 4.78 is 39.8. The number of sulfonamides is 1. The zero-order valence-electron chi connectivity index (χ0n) is 22.6. The van der Waals surface area contributed by atoms with Gasteiger partial charge in [0.1, 0.15) is 6.10 Å². The van der Waals surface area contributed by atoms with Crippen LogP contribution in [0.4, 0.5) is 4.79 Å². The minimum absolute atomic E-state index is 0.00164. The highest BCUT2D eigenvalue weighted by Crippen LogP contribution is 2.37. The van der Waals surface area contributed by atoms with Crippen molar-refractivity contribution in [1.82, 2.24) is 9.62 Å². The predicted octanol–water partition coefficient (Wildman–Crippen LogP) is 3.09. The number of amides is 1. The molecular formula is C29H40N2O7S. The number of hydrogen-bond acceptors (Lipinski definition) is 7. The minimum atomic E-state index is -3.94. The first kappa shape index (κ1) is 29.5. The van der Waals surface area contributed by atoms with Crippen molar-refractivity contribution in [2.75, 3.05) is 19.7 Å². The number of alkyl carbamates (subject to hydrolysis) is 1. The Balaban J connectivity index is 1.49. The Hall–Kier alpha value is -2.50. The van der Waals surface area contributed by atoms with Crippen LogP contribution in [0.1, 0.15) is 44.2 Å². The molecule has 4 rings (SSSR count). The van der Waals surface area contributed by atoms with Crippen LogP contribution in [0.5, 0.6) is 0 Å². The van der Waals surface area contributed by atoms with Gasteiger partial charge in [0.25, 0.3) is 0 Å². The van der Waals surface area contributed by atoms with Crippen LogP contribution in [-0.4, -0.2) is 73.1 Å². The Morgan fingerprint density at radius 3 is 2.44 bits per heavy atom. The van der Waals surface area contributed by atoms with Gasteiger partial charge >= 0.3 is 6.09 Å². The van der Waals surface area contributed by atoms with Crippen molar-refractivity contribution in [2.45, 2.75) is 75.4 Å². The van der Waals surface area contributed by atoms with E-state index in [1.165, 1.54) is 16.4 Å². The van der Waals surface area contributed by atoms with Gasteiger partial charge in [0.2, 0.25) is 10.0 Å². The standard InChI is InChI=1S/C29H40N2O7S/c1-20(2)17-31(39(35,36)25-10-8-22(19-32)9-11-25)18-27(33)26(14-21-6-4-3-5-7-21)30-29(34)38-24-15-23-12-13-37-28(23)16-24/h3-11,20,23-24,26-28,32-33H,12-19H2,1-2H3,(H,30,34)/t23?,24?,26-,27+,28+/m0/s1. The summed E-state index contributed by atoms with van der Waals surface area (Å²) in [6, 6.07) is 14.7. The number of ether oxygens (including phenoxy) is 2. The fourth-order valence-electron chi connectivity index (χ4n) is 5.43. The third kappa shape index (κ3) is 7.79. The molecule has 5 atom stereocenters. The summed E-state index contributed by atoms with van der Waals surface area (Å²) in [7, 11) is -3.94. The molecule has 2 fully saturated rings. The molecule has 1 saturated carbocycles. The average Bonchev–Trinajstić information content (AvgIpc) is 3.50. The summed E-state index contributed by atoms with van der Waals surface area (Å²) in [5.74, 6) is 0.410. The van der Waals surface area contributed by atoms with Crippen molar-refractivity contribution >= 4 is 16.1 Å². The number of carbonyl (C=O) groups excluding carboxylic acids is 1. The van der Waals surface area contributed by atoms with Gasteiger partial charge in [-0.2, -0.15) is 4.31 Å². The van der Waals surface area contributed by atoms with Gasteiger partial charge < -0.3 is 25.0 Å². The third-order valence-electron chi connectivity index (χ3n) is 7.45. The number of nitrogens with one attached hydrogen (secondary N) is 1. The minimum Gasteiger partial charge on any atom is -0.446 e. The zero-order chi connectivity index (χ0) is 28.0. The average molecular weight is 561 g/mol. The summed E-state index contributed by atoms with van der Waals surface area (Å²) in [6.45, 7) is 4.35. The number of rotatable bonds is 12. The monoisotopic (exact) mass is 560 g/mol. The molecule has 0 aromatic heterocycles. The smallest absolute Gasteiger partial charge is 0.407 e. The quantitative estimate of drug-likeness (QED) is 0.364. The van der Waals surface area contributed by atoms with Crippen molar-refractivity contribution in [2.24, 2.45) is 11.8 Å². The lowest BCUT2D eigenvalue weighted by Crippen LogP contribution is -2.51. The van der Waals surface area contributed by atoms with Gasteiger partial charge in [-0.15, -0.1) is 0 Å². The van der Waals surface area contributed by atoms with Gasteiger partial charge in [-0.05, 0) is 54.4 Å². The van der Waals surface area contributed by atoms with E-state index in [2.05, 4.69) is 5.32 Å². The van der Waals surface area contributed by atoms with Crippen molar-refractivity contribution < 1.29 is 32.9 Å². The van der Waals surface area contributed by atoms with E-state index in [9.17, 15) is 23.4 Å². The van der Waals surface area contributed by atoms with E-state index >= 15 is 0 Å². The van der Waals surface area contributed by atoms with E-state index in [-0.39, 0.29) is 42.7 Å². The maximum Gasteiger partial charge on any atom is 0.407 e. The largest absolute Gasteiger partial charge is 0.446 e. The number of hydrogen-bond donors (Lipinski definition) is 3. The molecule has 2 aromatic carbocycles. The Morgan fingerprint density at radius 2 is 1.79 bits per heavy atom. The SMILES string of the molecule is CC(C)CN(C[C@@H](O)[C@H](Cc1ccccc1)NC(=O)OC1CC2CCO[C@@H]2C1)S(=O)(=O)c1ccc(CO)cc1. The molecule has 39 heavy (non-hydrogen) atoms. The van der Waals surface area contributed by atoms with Crippen LogP contribution in [-0.2, 0) is 32.5 Å². The number of fused-ring (bicyclic) bond motifs is 1. The zero-order valence-corrected chi connectivity index (χ0v) is 23.4. The van der Waals surface area contributed by atoms with E-state index in [0.29, 0.717) is 24.3 Å². The van der Waals surface area contributed by atoms with Gasteiger partial charge in [0, 0.05) is 26.1 Å². The molecule has 1 heterocycles. The van der Waals surface area contributed by atoms with Crippen LogP contribution < -0.4 is 5.32 Å². The van der Waals surface area contributed by atoms with Gasteiger partial charge in [-0.1, -0.05) is 56.3 Å². The lowest BCUT2D eigenvalue weighted by molar-refractivity contribution is 0.0554. The summed E-state index contributed by atoms with van der Waals surface area (Å²) in [6.07, 6.45) is 0.775. The molecule has 10 heteroatoms. The molecule has 1 aliphatic heterocycles. The maximum absolute atomic E-state index is 13.6. The molecule has 214 valence electrons. The highest BCUT2D eigenvalue weighted by atomic mass is 32.2. The highest BCUT2D eigenvalue weighted by Gasteiger charge is 2.40. The Bertz CT molecular complexity index is 1160. The van der Waals surface area contributed by atoms with Gasteiger partial charge in [0.05, 0.1) is 29.8 Å². The topological polar surface area (TPSA) is 125 Å². The Morgan fingerprint density at radius 1 is 1.08 bits per heavy atom. The molecule has 1 saturated heterocycles. The predicted molar refractivity (Wildman–Crippen MR) is 146 cm³/mol. The third-order valence-corrected chi connectivity index (χ3v) is 9.30. The van der Waals surface area contributed by atoms with Gasteiger partial charge in [-0.3, -0.25) is 0 Å². The lowest BCUT2D eigenvalue weighted by Gasteiger charge is -2.31. The van der Waals surface area contributed by atoms with E-state index in [0.717, 1.165) is 25.0 Å². The van der Waals surface area contributed by atoms with E-state index in [1.807, 2.05) is 44.2 Å². The summed E-state index contributed by atoms with van der Waals surface area (Å²) in [5.41, 5.74) is 1.50. The van der Waals surface area contributed by atoms with Crippen molar-refractivity contribution in [3.63, 3.8) is 0 Å². The summed E-state index contributed by atoms with van der Waals surface area (Å²) >= 11 is 0. The van der Waals surface area contributed by atoms with Crippen LogP contribution in [0.15, 0.2) is 59.5 Å². The second-order valence-electron chi connectivity index (χ2n) is 11.0. The Kier molecular flexibility index (Phi) is 10.0. The van der Waals surface area contributed by atoms with Crippen LogP contribution in [0.2, 0.25) is 0 Å². The summed E-state index contributed by atoms with van der Waals surface area (Å²) in [4.78, 5) is 13.0. The number of nitrogens with zero attached hydrogens (tertiary/aromatic N) is 1. The molecule has 1 aliphatic carbocycles. The number of carbonyl (C=O) groups is 1. The molecule has 2 aromatic rings. The van der Waals surface area contributed by atoms with E-state index in [4.69, 9.17) is 9.47 Å². The van der Waals surface area contributed by atoms with Crippen LogP contribution in [0.25, 0.3) is 0 Å². The van der Waals surface area contributed by atoms with Crippen molar-refractivity contribution in [3.8, 4) is 0 Å². The first-order chi connectivity index (χ1) is 18.7. The molecule has 0 spiro atoms. The molecule has 0 bridgehead atoms. The van der Waals surface area contributed by atoms with Gasteiger partial charge in [-0.25, -0.2) is 13.2 Å². The molecule has 2 unspecified atom stereocenters. The molecule has 3 N–H and O–H groups in total. The number of aliphatic hydroxyl groups is 2. The second kappa shape index (κ2) is 13.2. The Labute approximate surface area is 231 Å². The molecule has 9 nitrogen and oxygen atoms in total. The fourth-order valence-corrected chi connectivity index (χ4v) is 7.05. The van der Waals surface area contributed by atoms with Crippen molar-refractivity contribution in [1.29, 1.82) is 0 Å². The van der Waals surface area contributed by atoms with E-state index < -0.39 is 28.3 Å². The maximum atomic E-state index is 13.6. The highest BCUT2D eigenvalue weighted by molar-refractivity contribution is 7.89. The molecule has 1 amide bonds. The first-order valence-corrected chi connectivity index (χ1v) is 15.1. The van der Waals surface area contributed by atoms with Crippen molar-refractivity contribution in [3.05, 3.63) is 65.7 Å². The van der Waals surface area contributed by atoms with Crippen LogP contribution in [0, 0.1) is 11.8 Å². The molecular weight excluding hydrogens is 520 g/mol. The fraction of sp³-hybridized carbons (Fsp3) is 0.552. The van der Waals surface area contributed by atoms with Gasteiger partial charge in [0.15, 0.2) is 0 Å². The molecule has 0 radical (unpaired) electrons. The number of aliphatic hydroxyl groups excluding tert-OH is 2. The normalized spacial score (nSPS) is 22.6. The second-order valence-corrected chi connectivity index (χ2v) is 12.9. The van der Waals surface area contributed by atoms with E-state index in [1.54, 1.807) is 12.1 Å².